The number of carbonyl (C=O) groups is 1. The quantitative estimate of drug-likeness (QED) is 0.340. The number of hydrogen-bond acceptors (Lipinski definition) is 6. The number of hydrogen-bond donors (Lipinski definition) is 0. The molecule has 0 fully saturated rings. The lowest BCUT2D eigenvalue weighted by molar-refractivity contribution is -0.137. The fraction of sp³-hybridized carbons (Fsp3) is 0.227. The Morgan fingerprint density at radius 1 is 1.13 bits per heavy atom. The van der Waals surface area contributed by atoms with E-state index in [0.717, 1.165) is 12.1 Å². The molecule has 0 saturated heterocycles. The molecule has 0 N–H and O–H groups in total. The molecule has 2 aromatic rings. The molecule has 0 aliphatic heterocycles. The van der Waals surface area contributed by atoms with Crippen molar-refractivity contribution in [3.8, 4) is 0 Å². The van der Waals surface area contributed by atoms with Gasteiger partial charge in [0.2, 0.25) is 0 Å². The summed E-state index contributed by atoms with van der Waals surface area (Å²) in [5.41, 5.74) is 1.23. The Bertz CT molecular complexity index is 1010. The highest BCUT2D eigenvalue weighted by atomic mass is 19.4. The normalized spacial score (nSPS) is 12.3. The first kappa shape index (κ1) is 23.7. The van der Waals surface area contributed by atoms with Crippen molar-refractivity contribution >= 4 is 23.5 Å². The van der Waals surface area contributed by atoms with Crippen molar-refractivity contribution in [2.24, 2.45) is 10.3 Å². The second kappa shape index (κ2) is 10.4. The number of nitrogens with zero attached hydrogens (tertiary/aromatic N) is 2. The molecular weight excluding hydrogens is 413 g/mol. The van der Waals surface area contributed by atoms with Gasteiger partial charge in [0.15, 0.2) is 5.71 Å². The SMILES string of the molecule is C=Cc1cccc(/C(=N\OC)C(=O)OC)c1CO/N=C(\C)c1cccc(C(F)(F)F)c1. The van der Waals surface area contributed by atoms with Crippen molar-refractivity contribution in [3.63, 3.8) is 0 Å². The topological polar surface area (TPSA) is 69.5 Å². The molecule has 164 valence electrons. The minimum atomic E-state index is -4.46. The van der Waals surface area contributed by atoms with Gasteiger partial charge in [0.05, 0.1) is 18.4 Å². The van der Waals surface area contributed by atoms with Gasteiger partial charge in [-0.15, -0.1) is 0 Å². The fourth-order valence-corrected chi connectivity index (χ4v) is 2.73. The van der Waals surface area contributed by atoms with Gasteiger partial charge in [0.1, 0.15) is 13.7 Å². The molecule has 0 bridgehead atoms. The monoisotopic (exact) mass is 434 g/mol. The summed E-state index contributed by atoms with van der Waals surface area (Å²) in [7, 11) is 2.50. The molecule has 6 nitrogen and oxygen atoms in total. The highest BCUT2D eigenvalue weighted by Gasteiger charge is 2.30. The molecule has 31 heavy (non-hydrogen) atoms. The van der Waals surface area contributed by atoms with Crippen LogP contribution in [0.5, 0.6) is 0 Å². The van der Waals surface area contributed by atoms with E-state index in [1.54, 1.807) is 24.3 Å². The van der Waals surface area contributed by atoms with Gasteiger partial charge in [-0.3, -0.25) is 0 Å². The van der Waals surface area contributed by atoms with Crippen LogP contribution in [-0.2, 0) is 32.0 Å². The first-order valence-electron chi connectivity index (χ1n) is 9.01. The molecule has 0 atom stereocenters. The average Bonchev–Trinajstić information content (AvgIpc) is 2.76. The summed E-state index contributed by atoms with van der Waals surface area (Å²) in [6.07, 6.45) is -2.90. The highest BCUT2D eigenvalue weighted by Crippen LogP contribution is 2.29. The minimum Gasteiger partial charge on any atom is -0.464 e. The average molecular weight is 434 g/mol. The van der Waals surface area contributed by atoms with Crippen LogP contribution in [0.2, 0.25) is 0 Å². The summed E-state index contributed by atoms with van der Waals surface area (Å²) in [6.45, 7) is 5.17. The Hall–Kier alpha value is -3.62. The van der Waals surface area contributed by atoms with Crippen molar-refractivity contribution < 1.29 is 32.4 Å². The van der Waals surface area contributed by atoms with E-state index in [1.807, 2.05) is 0 Å². The van der Waals surface area contributed by atoms with Crippen LogP contribution in [0.4, 0.5) is 13.2 Å². The lowest BCUT2D eigenvalue weighted by atomic mass is 9.98. The molecule has 0 saturated carbocycles. The number of oxime groups is 2. The van der Waals surface area contributed by atoms with Crippen LogP contribution in [0.15, 0.2) is 59.4 Å². The maximum Gasteiger partial charge on any atom is 0.416 e. The van der Waals surface area contributed by atoms with Gasteiger partial charge >= 0.3 is 12.1 Å². The Morgan fingerprint density at radius 2 is 1.84 bits per heavy atom. The fourth-order valence-electron chi connectivity index (χ4n) is 2.73. The van der Waals surface area contributed by atoms with Gasteiger partial charge in [-0.2, -0.15) is 13.2 Å². The molecule has 0 aromatic heterocycles. The number of methoxy groups -OCH3 is 1. The van der Waals surface area contributed by atoms with Gasteiger partial charge in [0.25, 0.3) is 0 Å². The molecule has 0 unspecified atom stereocenters. The number of rotatable bonds is 8. The van der Waals surface area contributed by atoms with Crippen molar-refractivity contribution in [2.75, 3.05) is 14.2 Å². The minimum absolute atomic E-state index is 0.0779. The maximum absolute atomic E-state index is 12.9. The van der Waals surface area contributed by atoms with E-state index in [0.29, 0.717) is 16.7 Å². The van der Waals surface area contributed by atoms with Crippen LogP contribution in [0.1, 0.15) is 34.7 Å². The van der Waals surface area contributed by atoms with E-state index in [9.17, 15) is 18.0 Å². The van der Waals surface area contributed by atoms with Crippen molar-refractivity contribution in [3.05, 3.63) is 76.9 Å². The Balaban J connectivity index is 2.34. The number of benzene rings is 2. The maximum atomic E-state index is 12.9. The Labute approximate surface area is 177 Å². The van der Waals surface area contributed by atoms with Crippen LogP contribution in [-0.4, -0.2) is 31.6 Å². The van der Waals surface area contributed by atoms with Crippen molar-refractivity contribution in [2.45, 2.75) is 19.7 Å². The first-order valence-corrected chi connectivity index (χ1v) is 9.01. The third kappa shape index (κ3) is 5.94. The molecule has 9 heteroatoms. The molecule has 0 heterocycles. The molecule has 0 radical (unpaired) electrons. The van der Waals surface area contributed by atoms with Gasteiger partial charge in [-0.1, -0.05) is 53.3 Å². The molecule has 2 aromatic carbocycles. The van der Waals surface area contributed by atoms with Crippen molar-refractivity contribution in [1.82, 2.24) is 0 Å². The summed E-state index contributed by atoms with van der Waals surface area (Å²) in [4.78, 5) is 22.3. The lowest BCUT2D eigenvalue weighted by Crippen LogP contribution is -2.20. The van der Waals surface area contributed by atoms with Gasteiger partial charge in [-0.05, 0) is 30.2 Å². The van der Waals surface area contributed by atoms with E-state index in [4.69, 9.17) is 14.4 Å². The zero-order valence-electron chi connectivity index (χ0n) is 17.2. The molecular formula is C22H21F3N2O4. The first-order chi connectivity index (χ1) is 14.7. The zero-order valence-corrected chi connectivity index (χ0v) is 17.2. The summed E-state index contributed by atoms with van der Waals surface area (Å²) >= 11 is 0. The van der Waals surface area contributed by atoms with Crippen LogP contribution in [0.25, 0.3) is 6.08 Å². The molecule has 0 spiro atoms. The smallest absolute Gasteiger partial charge is 0.416 e. The molecule has 0 aliphatic rings. The van der Waals surface area contributed by atoms with E-state index < -0.39 is 17.7 Å². The number of carbonyl (C=O) groups excluding carboxylic acids is 1. The standard InChI is InChI=1S/C22H21F3N2O4/c1-5-15-8-7-11-18(20(27-30-4)21(28)29-3)19(15)13-31-26-14(2)16-9-6-10-17(12-16)22(23,24)25/h5-12H,1,13H2,2-4H3/b26-14+,27-20+. The van der Waals surface area contributed by atoms with E-state index >= 15 is 0 Å². The van der Waals surface area contributed by atoms with Gasteiger partial charge < -0.3 is 14.4 Å². The second-order valence-corrected chi connectivity index (χ2v) is 6.22. The van der Waals surface area contributed by atoms with E-state index in [1.165, 1.54) is 33.3 Å². The number of alkyl halides is 3. The highest BCUT2D eigenvalue weighted by molar-refractivity contribution is 6.43. The number of halogens is 3. The van der Waals surface area contributed by atoms with E-state index in [-0.39, 0.29) is 23.6 Å². The summed E-state index contributed by atoms with van der Waals surface area (Å²) in [5, 5.41) is 7.66. The zero-order chi connectivity index (χ0) is 23.0. The Kier molecular flexibility index (Phi) is 7.95. The summed E-state index contributed by atoms with van der Waals surface area (Å²) in [5.74, 6) is -0.715. The van der Waals surface area contributed by atoms with Crippen LogP contribution in [0.3, 0.4) is 0 Å². The van der Waals surface area contributed by atoms with Crippen LogP contribution < -0.4 is 0 Å². The van der Waals surface area contributed by atoms with Crippen LogP contribution in [0, 0.1) is 0 Å². The molecule has 2 rings (SSSR count). The number of esters is 1. The summed E-state index contributed by atoms with van der Waals surface area (Å²) < 4.78 is 43.5. The van der Waals surface area contributed by atoms with Crippen molar-refractivity contribution in [1.29, 1.82) is 0 Å². The third-order valence-electron chi connectivity index (χ3n) is 4.27. The van der Waals surface area contributed by atoms with Gasteiger partial charge in [0, 0.05) is 11.1 Å². The lowest BCUT2D eigenvalue weighted by Gasteiger charge is -2.13. The second-order valence-electron chi connectivity index (χ2n) is 6.22. The molecule has 0 amide bonds. The predicted molar refractivity (Wildman–Crippen MR) is 111 cm³/mol. The third-order valence-corrected chi connectivity index (χ3v) is 4.27. The number of ether oxygens (including phenoxy) is 1. The molecule has 0 aliphatic carbocycles. The largest absolute Gasteiger partial charge is 0.464 e. The predicted octanol–water partition coefficient (Wildman–Crippen LogP) is 4.81. The Morgan fingerprint density at radius 3 is 2.45 bits per heavy atom. The van der Waals surface area contributed by atoms with E-state index in [2.05, 4.69) is 16.9 Å². The summed E-state index contributed by atoms with van der Waals surface area (Å²) in [6, 6.07) is 9.85. The van der Waals surface area contributed by atoms with Crippen LogP contribution >= 0.6 is 0 Å². The van der Waals surface area contributed by atoms with Gasteiger partial charge in [-0.25, -0.2) is 4.79 Å².